The summed E-state index contributed by atoms with van der Waals surface area (Å²) in [4.78, 5) is 14.8. The fraction of sp³-hybridized carbons (Fsp3) is 0.217. The standard InChI is InChI=1S/C23H23N5S/c1-27-11-13-28(14-12-27)19-9-7-18(8-10-19)26-22-21-20(17-5-3-2-4-6-17)15-29-23(21)25-16-24-22/h2-10,15-16H,11-14H2,1H3,(H,24,25,26). The van der Waals surface area contributed by atoms with Crippen LogP contribution in [0, 0.1) is 0 Å². The number of anilines is 3. The quantitative estimate of drug-likeness (QED) is 0.529. The number of piperazine rings is 1. The minimum absolute atomic E-state index is 0.849. The number of benzene rings is 2. The summed E-state index contributed by atoms with van der Waals surface area (Å²) in [5, 5.41) is 6.75. The third-order valence-electron chi connectivity index (χ3n) is 5.45. The number of likely N-dealkylation sites (N-methyl/N-ethyl adjacent to an activating group) is 1. The van der Waals surface area contributed by atoms with Gasteiger partial charge in [0.15, 0.2) is 0 Å². The van der Waals surface area contributed by atoms with Gasteiger partial charge in [-0.1, -0.05) is 30.3 Å². The molecule has 2 aromatic heterocycles. The highest BCUT2D eigenvalue weighted by Gasteiger charge is 2.15. The molecule has 5 rings (SSSR count). The van der Waals surface area contributed by atoms with Crippen LogP contribution in [-0.4, -0.2) is 48.1 Å². The topological polar surface area (TPSA) is 44.3 Å². The lowest BCUT2D eigenvalue weighted by molar-refractivity contribution is 0.313. The number of thiophene rings is 1. The minimum Gasteiger partial charge on any atom is -0.369 e. The van der Waals surface area contributed by atoms with Crippen molar-refractivity contribution in [2.45, 2.75) is 0 Å². The zero-order valence-corrected chi connectivity index (χ0v) is 17.2. The third kappa shape index (κ3) is 3.69. The summed E-state index contributed by atoms with van der Waals surface area (Å²) in [7, 11) is 2.18. The molecule has 5 nitrogen and oxygen atoms in total. The Labute approximate surface area is 174 Å². The number of nitrogens with zero attached hydrogens (tertiary/aromatic N) is 4. The molecule has 0 bridgehead atoms. The molecular formula is C23H23N5S. The molecule has 1 aliphatic rings. The maximum Gasteiger partial charge on any atom is 0.143 e. The van der Waals surface area contributed by atoms with Gasteiger partial charge in [0.05, 0.1) is 5.39 Å². The second-order valence-electron chi connectivity index (χ2n) is 7.38. The van der Waals surface area contributed by atoms with Crippen molar-refractivity contribution in [1.82, 2.24) is 14.9 Å². The summed E-state index contributed by atoms with van der Waals surface area (Å²) < 4.78 is 0. The Bertz CT molecular complexity index is 1100. The summed E-state index contributed by atoms with van der Waals surface area (Å²) in [6.45, 7) is 4.37. The van der Waals surface area contributed by atoms with Crippen molar-refractivity contribution in [2.75, 3.05) is 43.4 Å². The molecule has 1 saturated heterocycles. The van der Waals surface area contributed by atoms with E-state index in [-0.39, 0.29) is 0 Å². The van der Waals surface area contributed by atoms with Crippen molar-refractivity contribution in [3.8, 4) is 11.1 Å². The summed E-state index contributed by atoms with van der Waals surface area (Å²) >= 11 is 1.65. The Hall–Kier alpha value is -2.96. The molecule has 29 heavy (non-hydrogen) atoms. The monoisotopic (exact) mass is 401 g/mol. The minimum atomic E-state index is 0.849. The maximum atomic E-state index is 4.55. The molecule has 0 unspecified atom stereocenters. The Kier molecular flexibility index (Phi) is 4.87. The van der Waals surface area contributed by atoms with Crippen LogP contribution >= 0.6 is 11.3 Å². The van der Waals surface area contributed by atoms with Gasteiger partial charge in [-0.25, -0.2) is 9.97 Å². The molecule has 1 fully saturated rings. The van der Waals surface area contributed by atoms with E-state index < -0.39 is 0 Å². The highest BCUT2D eigenvalue weighted by atomic mass is 32.1. The number of hydrogen-bond donors (Lipinski definition) is 1. The van der Waals surface area contributed by atoms with E-state index in [1.54, 1.807) is 17.7 Å². The summed E-state index contributed by atoms with van der Waals surface area (Å²) in [5.41, 5.74) is 4.66. The van der Waals surface area contributed by atoms with Gasteiger partial charge in [0.2, 0.25) is 0 Å². The lowest BCUT2D eigenvalue weighted by Gasteiger charge is -2.34. The Morgan fingerprint density at radius 2 is 1.66 bits per heavy atom. The van der Waals surface area contributed by atoms with Gasteiger partial charge in [0.1, 0.15) is 17.0 Å². The van der Waals surface area contributed by atoms with E-state index in [4.69, 9.17) is 0 Å². The molecule has 0 spiro atoms. The number of nitrogens with one attached hydrogen (secondary N) is 1. The predicted molar refractivity (Wildman–Crippen MR) is 122 cm³/mol. The summed E-state index contributed by atoms with van der Waals surface area (Å²) in [6, 6.07) is 19.1. The highest BCUT2D eigenvalue weighted by molar-refractivity contribution is 7.17. The van der Waals surface area contributed by atoms with Gasteiger partial charge in [-0.15, -0.1) is 11.3 Å². The molecule has 3 heterocycles. The van der Waals surface area contributed by atoms with Crippen LogP contribution in [0.3, 0.4) is 0 Å². The van der Waals surface area contributed by atoms with Crippen LogP contribution in [-0.2, 0) is 0 Å². The fourth-order valence-electron chi connectivity index (χ4n) is 3.76. The summed E-state index contributed by atoms with van der Waals surface area (Å²) in [5.74, 6) is 0.849. The van der Waals surface area contributed by atoms with Crippen molar-refractivity contribution in [2.24, 2.45) is 0 Å². The lowest BCUT2D eigenvalue weighted by atomic mass is 10.1. The molecule has 6 heteroatoms. The number of aromatic nitrogens is 2. The van der Waals surface area contributed by atoms with E-state index in [1.807, 2.05) is 6.07 Å². The molecule has 0 atom stereocenters. The number of rotatable bonds is 4. The lowest BCUT2D eigenvalue weighted by Crippen LogP contribution is -2.44. The van der Waals surface area contributed by atoms with E-state index >= 15 is 0 Å². The first-order valence-corrected chi connectivity index (χ1v) is 10.7. The number of fused-ring (bicyclic) bond motifs is 1. The van der Waals surface area contributed by atoms with Crippen molar-refractivity contribution >= 4 is 38.7 Å². The Balaban J connectivity index is 1.43. The molecule has 4 aromatic rings. The van der Waals surface area contributed by atoms with Crippen LogP contribution in [0.5, 0.6) is 0 Å². The second kappa shape index (κ2) is 7.81. The molecular weight excluding hydrogens is 378 g/mol. The summed E-state index contributed by atoms with van der Waals surface area (Å²) in [6.07, 6.45) is 1.63. The van der Waals surface area contributed by atoms with Crippen LogP contribution < -0.4 is 10.2 Å². The molecule has 1 aliphatic heterocycles. The van der Waals surface area contributed by atoms with Gasteiger partial charge in [-0.05, 0) is 36.9 Å². The van der Waals surface area contributed by atoms with E-state index in [2.05, 4.69) is 86.0 Å². The molecule has 0 radical (unpaired) electrons. The number of hydrogen-bond acceptors (Lipinski definition) is 6. The molecule has 0 aliphatic carbocycles. The van der Waals surface area contributed by atoms with Crippen LogP contribution in [0.2, 0.25) is 0 Å². The molecule has 146 valence electrons. The van der Waals surface area contributed by atoms with Crippen molar-refractivity contribution in [3.63, 3.8) is 0 Å². The van der Waals surface area contributed by atoms with Gasteiger partial charge in [-0.2, -0.15) is 0 Å². The average molecular weight is 402 g/mol. The maximum absolute atomic E-state index is 4.55. The van der Waals surface area contributed by atoms with Crippen LogP contribution in [0.1, 0.15) is 0 Å². The van der Waals surface area contributed by atoms with E-state index in [9.17, 15) is 0 Å². The Morgan fingerprint density at radius 3 is 2.41 bits per heavy atom. The van der Waals surface area contributed by atoms with Crippen molar-refractivity contribution in [3.05, 3.63) is 66.3 Å². The van der Waals surface area contributed by atoms with Gasteiger partial charge in [0.25, 0.3) is 0 Å². The van der Waals surface area contributed by atoms with Gasteiger partial charge < -0.3 is 15.1 Å². The second-order valence-corrected chi connectivity index (χ2v) is 8.24. The van der Waals surface area contributed by atoms with Crippen molar-refractivity contribution in [1.29, 1.82) is 0 Å². The zero-order chi connectivity index (χ0) is 19.6. The first-order valence-electron chi connectivity index (χ1n) is 9.86. The predicted octanol–water partition coefficient (Wildman–Crippen LogP) is 4.85. The first-order chi connectivity index (χ1) is 14.3. The normalized spacial score (nSPS) is 15.0. The van der Waals surface area contributed by atoms with Crippen molar-refractivity contribution < 1.29 is 0 Å². The van der Waals surface area contributed by atoms with Gasteiger partial charge in [-0.3, -0.25) is 0 Å². The zero-order valence-electron chi connectivity index (χ0n) is 16.4. The van der Waals surface area contributed by atoms with Crippen LogP contribution in [0.15, 0.2) is 66.3 Å². The fourth-order valence-corrected chi connectivity index (χ4v) is 4.67. The molecule has 2 aromatic carbocycles. The van der Waals surface area contributed by atoms with E-state index in [1.165, 1.54) is 16.8 Å². The highest BCUT2D eigenvalue weighted by Crippen LogP contribution is 2.37. The molecule has 0 amide bonds. The SMILES string of the molecule is CN1CCN(c2ccc(Nc3ncnc4scc(-c5ccccc5)c34)cc2)CC1. The van der Waals surface area contributed by atoms with E-state index in [0.717, 1.165) is 47.9 Å². The molecule has 0 saturated carbocycles. The van der Waals surface area contributed by atoms with Gasteiger partial charge in [0, 0.05) is 48.5 Å². The first kappa shape index (κ1) is 18.1. The van der Waals surface area contributed by atoms with E-state index in [0.29, 0.717) is 0 Å². The third-order valence-corrected chi connectivity index (χ3v) is 6.34. The van der Waals surface area contributed by atoms with Crippen LogP contribution in [0.25, 0.3) is 21.3 Å². The smallest absolute Gasteiger partial charge is 0.143 e. The molecule has 1 N–H and O–H groups in total. The van der Waals surface area contributed by atoms with Crippen LogP contribution in [0.4, 0.5) is 17.2 Å². The Morgan fingerprint density at radius 1 is 0.897 bits per heavy atom. The largest absolute Gasteiger partial charge is 0.369 e. The van der Waals surface area contributed by atoms with Gasteiger partial charge >= 0.3 is 0 Å². The average Bonchev–Trinajstić information content (AvgIpc) is 3.21.